The number of nitrogens with zero attached hydrogens (tertiary/aromatic N) is 6. The molecule has 3 aromatic heterocycles. The summed E-state index contributed by atoms with van der Waals surface area (Å²) in [4.78, 5) is 44.4. The lowest BCUT2D eigenvalue weighted by Crippen LogP contribution is -2.22. The molecule has 0 aliphatic carbocycles. The number of aromatic amines is 2. The van der Waals surface area contributed by atoms with E-state index >= 15 is 0 Å². The number of thioether (sulfide) groups is 4. The fraction of sp³-hybridized carbons (Fsp3) is 0.652. The Morgan fingerprint density at radius 2 is 0.375 bits per heavy atom. The Kier molecular flexibility index (Phi) is 55.6. The molecule has 36 heteroatoms. The molecule has 0 amide bonds. The summed E-state index contributed by atoms with van der Waals surface area (Å²) in [6, 6.07) is 25.2. The Bertz CT molecular complexity index is 4220. The van der Waals surface area contributed by atoms with Crippen LogP contribution in [0.3, 0.4) is 0 Å². The van der Waals surface area contributed by atoms with Gasteiger partial charge in [-0.05, 0) is 128 Å². The molecule has 4 aromatic carbocycles. The number of nitrogens with one attached hydrogen (secondary N) is 2. The van der Waals surface area contributed by atoms with Crippen molar-refractivity contribution in [2.45, 2.75) is 96.0 Å². The number of ether oxygens (including phenoxy) is 24. The minimum Gasteiger partial charge on any atom is -0.379 e. The van der Waals surface area contributed by atoms with E-state index in [2.05, 4.69) is 82.8 Å². The Hall–Kier alpha value is -5.32. The van der Waals surface area contributed by atoms with E-state index in [1.54, 1.807) is 47.0 Å². The second-order valence-electron chi connectivity index (χ2n) is 28.5. The normalized spacial score (nSPS) is 12.2. The average molecular weight is 1870 g/mol. The van der Waals surface area contributed by atoms with Crippen molar-refractivity contribution < 1.29 is 114 Å². The summed E-state index contributed by atoms with van der Waals surface area (Å²) in [6.07, 6.45) is 0. The van der Waals surface area contributed by atoms with Crippen molar-refractivity contribution in [3.63, 3.8) is 0 Å². The number of hydrogen-bond acceptors (Lipinski definition) is 34. The van der Waals surface area contributed by atoms with E-state index in [1.807, 2.05) is 55.4 Å². The molecule has 0 unspecified atom stereocenters. The highest BCUT2D eigenvalue weighted by Gasteiger charge is 2.27. The van der Waals surface area contributed by atoms with Gasteiger partial charge in [-0.2, -0.15) is 0 Å². The van der Waals surface area contributed by atoms with Crippen molar-refractivity contribution in [1.82, 2.24) is 39.9 Å². The maximum absolute atomic E-state index is 6.34. The van der Waals surface area contributed by atoms with Crippen LogP contribution in [0.4, 0.5) is 0 Å². The van der Waals surface area contributed by atoms with Crippen LogP contribution in [0.25, 0.3) is 89.7 Å². The smallest absolute Gasteiger partial charge is 0.164 e. The summed E-state index contributed by atoms with van der Waals surface area (Å²) in [5.74, 6) is 1.70. The summed E-state index contributed by atoms with van der Waals surface area (Å²) in [5, 5.41) is 2.55. The molecule has 128 heavy (non-hydrogen) atoms. The van der Waals surface area contributed by atoms with Gasteiger partial charge < -0.3 is 124 Å². The number of benzene rings is 4. The maximum Gasteiger partial charge on any atom is 0.164 e. The second-order valence-corrected chi connectivity index (χ2v) is 34.0. The Morgan fingerprint density at radius 3 is 0.594 bits per heavy atom. The van der Waals surface area contributed by atoms with Gasteiger partial charge in [0.2, 0.25) is 0 Å². The fourth-order valence-electron chi connectivity index (χ4n) is 12.8. The Morgan fingerprint density at radius 1 is 0.195 bits per heavy atom. The zero-order valence-corrected chi connectivity index (χ0v) is 79.6. The summed E-state index contributed by atoms with van der Waals surface area (Å²) < 4.78 is 141. The number of H-pyrrole nitrogens is 2. The molecule has 714 valence electrons. The van der Waals surface area contributed by atoms with Crippen molar-refractivity contribution in [3.8, 4) is 45.6 Å². The molecule has 8 bridgehead atoms. The van der Waals surface area contributed by atoms with Crippen LogP contribution in [-0.2, 0) is 114 Å². The van der Waals surface area contributed by atoms with Crippen LogP contribution in [0, 0.1) is 0 Å². The highest BCUT2D eigenvalue weighted by atomic mass is 32.2. The molecular formula is C92H138N8O24S4. The lowest BCUT2D eigenvalue weighted by Gasteiger charge is -2.18. The summed E-state index contributed by atoms with van der Waals surface area (Å²) in [5.41, 5.74) is 5.07. The molecule has 9 rings (SSSR count). The summed E-state index contributed by atoms with van der Waals surface area (Å²) in [7, 11) is 0. The average Bonchev–Trinajstić information content (AvgIpc) is 1.60. The molecule has 2 aliphatic rings. The van der Waals surface area contributed by atoms with Gasteiger partial charge in [-0.3, -0.25) is 0 Å². The maximum atomic E-state index is 6.34. The predicted molar refractivity (Wildman–Crippen MR) is 500 cm³/mol. The standard InChI is InChI=1S/C92H138N8O24S4/c1-9-101-25-33-109-41-49-117-61-73(62-118-50-42-110-34-26-102-10-2)125-69-17-21-77-81(57-69)89-94-85(77)93-86-78-22-18-71(127-75(65-121-53-45-113-37-29-105-13-5)66-122-54-46-114-38-30-106-14-6)59-83(78)91(95-86)100-92-84-60-72(128-76(67-123-55-47-115-39-31-107-15-7)68-124-56-48-116-40-32-108-16-8)20-24-80(84)88(99-92)98-90-82-58-70(19-23-79(82)87(96-89)97-90)126-74(63-119-51-43-111-35-27-103-11-3)64-120-52-44-112-36-28-104-12-4/h17-24,57-60,73-76H,9-16,25-56,61-68H2,1-8H3,(H2,93,94,95,96,97,98,99,100). The van der Waals surface area contributed by atoms with E-state index in [0.717, 1.165) is 63.4 Å². The molecule has 0 saturated carbocycles. The summed E-state index contributed by atoms with van der Waals surface area (Å²) >= 11 is 6.58. The van der Waals surface area contributed by atoms with E-state index in [0.29, 0.717) is 363 Å². The first-order valence-electron chi connectivity index (χ1n) is 45.2. The fourth-order valence-corrected chi connectivity index (χ4v) is 17.0. The molecular weight excluding hydrogens is 1730 g/mol. The van der Waals surface area contributed by atoms with Crippen LogP contribution in [0.15, 0.2) is 92.4 Å². The first kappa shape index (κ1) is 106. The number of rotatable bonds is 80. The lowest BCUT2D eigenvalue weighted by atomic mass is 10.1. The lowest BCUT2D eigenvalue weighted by molar-refractivity contribution is 0.00330. The summed E-state index contributed by atoms with van der Waals surface area (Å²) in [6.45, 7) is 38.1. The zero-order chi connectivity index (χ0) is 89.7. The monoisotopic (exact) mass is 1870 g/mol. The van der Waals surface area contributed by atoms with Crippen molar-refractivity contribution in [3.05, 3.63) is 72.8 Å². The van der Waals surface area contributed by atoms with E-state index in [9.17, 15) is 0 Å². The molecule has 2 N–H and O–H groups in total. The van der Waals surface area contributed by atoms with Gasteiger partial charge in [-0.15, -0.1) is 47.0 Å². The topological polar surface area (TPSA) is 330 Å². The highest BCUT2D eigenvalue weighted by molar-refractivity contribution is 8.00. The zero-order valence-electron chi connectivity index (χ0n) is 76.3. The van der Waals surface area contributed by atoms with Crippen molar-refractivity contribution in [2.24, 2.45) is 0 Å². The van der Waals surface area contributed by atoms with Crippen LogP contribution in [-0.4, -0.2) is 378 Å². The van der Waals surface area contributed by atoms with Gasteiger partial charge in [0.1, 0.15) is 22.6 Å². The minimum atomic E-state index is -0.151. The van der Waals surface area contributed by atoms with E-state index < -0.39 is 0 Å². The number of fused-ring (bicyclic) bond motifs is 20. The van der Waals surface area contributed by atoms with Gasteiger partial charge >= 0.3 is 0 Å². The molecule has 7 aromatic rings. The van der Waals surface area contributed by atoms with Crippen LogP contribution >= 0.6 is 47.0 Å². The SMILES string of the molecule is CCOCCOCCOCC(COCCOCCOCC)Sc1ccc2c(c1)-c1nc-2nc2[nH]c(nc3nc(nc4[nH]c(n1)c1ccc(SC(COCCOCCOCC)COCCOCCOCC)cc41)-c1cc(SC(COCCOCCOCC)COCCOCCOCC)ccc1-3)c1ccc(SC(COCCOCCOCC)COCCOCCOCC)cc21. The van der Waals surface area contributed by atoms with Crippen LogP contribution in [0.2, 0.25) is 0 Å². The number of aromatic nitrogens is 8. The van der Waals surface area contributed by atoms with Gasteiger partial charge in [-0.25, -0.2) is 29.9 Å². The number of hydrogen-bond donors (Lipinski definition) is 2. The second kappa shape index (κ2) is 67.0. The molecule has 0 radical (unpaired) electrons. The third kappa shape index (κ3) is 40.5. The largest absolute Gasteiger partial charge is 0.379 e. The van der Waals surface area contributed by atoms with Gasteiger partial charge in [-0.1, -0.05) is 0 Å². The molecule has 5 heterocycles. The molecule has 2 aliphatic heterocycles. The Labute approximate surface area is 771 Å². The molecule has 0 atom stereocenters. The van der Waals surface area contributed by atoms with Crippen LogP contribution in [0.5, 0.6) is 0 Å². The predicted octanol–water partition coefficient (Wildman–Crippen LogP) is 13.3. The highest BCUT2D eigenvalue weighted by Crippen LogP contribution is 2.42. The molecule has 32 nitrogen and oxygen atoms in total. The first-order chi connectivity index (χ1) is 63.3. The molecule has 0 spiro atoms. The minimum absolute atomic E-state index is 0.140. The quantitative estimate of drug-likeness (QED) is 0.0264. The van der Waals surface area contributed by atoms with Gasteiger partial charge in [0, 0.05) is 116 Å². The van der Waals surface area contributed by atoms with Crippen molar-refractivity contribution >= 4 is 91.2 Å². The van der Waals surface area contributed by atoms with E-state index in [1.165, 1.54) is 0 Å². The van der Waals surface area contributed by atoms with Crippen molar-refractivity contribution in [2.75, 3.05) is 317 Å². The van der Waals surface area contributed by atoms with E-state index in [4.69, 9.17) is 144 Å². The van der Waals surface area contributed by atoms with E-state index in [-0.39, 0.29) is 21.0 Å². The molecule has 0 fully saturated rings. The van der Waals surface area contributed by atoms with Gasteiger partial charge in [0.05, 0.1) is 285 Å². The molecule has 0 saturated heterocycles. The van der Waals surface area contributed by atoms with Crippen LogP contribution < -0.4 is 0 Å². The first-order valence-corrected chi connectivity index (χ1v) is 48.7. The van der Waals surface area contributed by atoms with Gasteiger partial charge in [0.25, 0.3) is 0 Å². The third-order valence-electron chi connectivity index (χ3n) is 18.9. The van der Waals surface area contributed by atoms with Gasteiger partial charge in [0.15, 0.2) is 23.3 Å². The van der Waals surface area contributed by atoms with Crippen molar-refractivity contribution in [1.29, 1.82) is 0 Å². The third-order valence-corrected chi connectivity index (χ3v) is 23.5. The Balaban J connectivity index is 1.18. The van der Waals surface area contributed by atoms with Crippen LogP contribution in [0.1, 0.15) is 55.4 Å².